The van der Waals surface area contributed by atoms with Gasteiger partial charge in [0.1, 0.15) is 11.8 Å². The van der Waals surface area contributed by atoms with Crippen LogP contribution in [0.2, 0.25) is 0 Å². The lowest BCUT2D eigenvalue weighted by Gasteiger charge is -2.41. The van der Waals surface area contributed by atoms with Crippen LogP contribution in [0.3, 0.4) is 0 Å². The summed E-state index contributed by atoms with van der Waals surface area (Å²) in [6, 6.07) is 4.39. The second kappa shape index (κ2) is 22.1. The molecule has 0 spiro atoms. The van der Waals surface area contributed by atoms with Crippen molar-refractivity contribution in [2.45, 2.75) is 110 Å². The van der Waals surface area contributed by atoms with Crippen molar-refractivity contribution in [1.29, 1.82) is 0 Å². The number of hydrogen-bond donors (Lipinski definition) is 3. The van der Waals surface area contributed by atoms with E-state index in [4.69, 9.17) is 18.9 Å². The Labute approximate surface area is 322 Å². The Hall–Kier alpha value is -3.59. The average Bonchev–Trinajstić information content (AvgIpc) is 3.59. The average molecular weight is 762 g/mol. The standard InChI is InChI=1S/C40H67N5O9/c1-14-25(6)36(44(9)40(50)35(24(4)5)43-39(49)34(41-8)23(2)3)32(53-12)20-33(47)45-22-29(52-11)19-30(45)37(54-13)26(7)38(48)42-21-31(46)27-15-17-28(51-10)18-16-27/h15-18,23-26,29-30,32,34-37,41H,14,19-22H2,1-13H3,(H,42,48)(H,43,49)/t25-,26+,29+,30-,32+,34-,35-,36-,37+/m0/s1. The number of ketones is 1. The zero-order valence-corrected chi connectivity index (χ0v) is 34.8. The highest BCUT2D eigenvalue weighted by Crippen LogP contribution is 2.31. The Morgan fingerprint density at radius 2 is 1.50 bits per heavy atom. The molecule has 1 aliphatic rings. The largest absolute Gasteiger partial charge is 0.497 e. The monoisotopic (exact) mass is 761 g/mol. The summed E-state index contributed by atoms with van der Waals surface area (Å²) >= 11 is 0. The second-order valence-corrected chi connectivity index (χ2v) is 15.1. The second-order valence-electron chi connectivity index (χ2n) is 15.1. The van der Waals surface area contributed by atoms with E-state index in [9.17, 15) is 24.0 Å². The zero-order chi connectivity index (χ0) is 40.9. The van der Waals surface area contributed by atoms with Gasteiger partial charge in [-0.25, -0.2) is 0 Å². The first-order chi connectivity index (χ1) is 25.5. The molecule has 0 saturated carbocycles. The maximum Gasteiger partial charge on any atom is 0.245 e. The van der Waals surface area contributed by atoms with Crippen molar-refractivity contribution in [2.24, 2.45) is 23.7 Å². The summed E-state index contributed by atoms with van der Waals surface area (Å²) in [6.45, 7) is 13.5. The molecule has 14 heteroatoms. The Balaban J connectivity index is 2.29. The third kappa shape index (κ3) is 12.0. The molecule has 4 amide bonds. The van der Waals surface area contributed by atoms with Crippen LogP contribution in [-0.2, 0) is 33.4 Å². The van der Waals surface area contributed by atoms with E-state index in [2.05, 4.69) is 16.0 Å². The number of likely N-dealkylation sites (tertiary alicyclic amines) is 1. The molecule has 54 heavy (non-hydrogen) atoms. The van der Waals surface area contributed by atoms with Crippen LogP contribution in [0.4, 0.5) is 0 Å². The number of hydrogen-bond acceptors (Lipinski definition) is 10. The minimum atomic E-state index is -0.788. The van der Waals surface area contributed by atoms with Crippen LogP contribution in [0.15, 0.2) is 24.3 Å². The number of amides is 4. The maximum atomic E-state index is 14.3. The first kappa shape index (κ1) is 46.6. The molecule has 1 heterocycles. The van der Waals surface area contributed by atoms with E-state index < -0.39 is 42.3 Å². The number of methoxy groups -OCH3 is 4. The molecular weight excluding hydrogens is 694 g/mol. The summed E-state index contributed by atoms with van der Waals surface area (Å²) in [5.74, 6) is -1.72. The Kier molecular flexibility index (Phi) is 19.0. The van der Waals surface area contributed by atoms with Crippen LogP contribution >= 0.6 is 0 Å². The molecule has 0 unspecified atom stereocenters. The van der Waals surface area contributed by atoms with E-state index >= 15 is 0 Å². The number of likely N-dealkylation sites (N-methyl/N-ethyl adjacent to an activating group) is 2. The molecule has 1 fully saturated rings. The van der Waals surface area contributed by atoms with Gasteiger partial charge in [-0.3, -0.25) is 24.0 Å². The third-order valence-electron chi connectivity index (χ3n) is 10.9. The number of nitrogens with zero attached hydrogens (tertiary/aromatic N) is 2. The molecule has 2 rings (SSSR count). The Morgan fingerprint density at radius 1 is 0.889 bits per heavy atom. The fraction of sp³-hybridized carbons (Fsp3) is 0.725. The fourth-order valence-electron chi connectivity index (χ4n) is 7.41. The summed E-state index contributed by atoms with van der Waals surface area (Å²) < 4.78 is 22.8. The molecule has 9 atom stereocenters. The Bertz CT molecular complexity index is 1370. The van der Waals surface area contributed by atoms with Crippen molar-refractivity contribution < 1.29 is 42.9 Å². The van der Waals surface area contributed by atoms with Crippen LogP contribution in [0, 0.1) is 23.7 Å². The van der Waals surface area contributed by atoms with Gasteiger partial charge in [-0.1, -0.05) is 54.9 Å². The van der Waals surface area contributed by atoms with Gasteiger partial charge >= 0.3 is 0 Å². The zero-order valence-electron chi connectivity index (χ0n) is 34.8. The van der Waals surface area contributed by atoms with E-state index in [1.807, 2.05) is 41.5 Å². The van der Waals surface area contributed by atoms with Gasteiger partial charge < -0.3 is 44.7 Å². The van der Waals surface area contributed by atoms with Crippen molar-refractivity contribution in [3.05, 3.63) is 29.8 Å². The quantitative estimate of drug-likeness (QED) is 0.150. The lowest BCUT2D eigenvalue weighted by Crippen LogP contribution is -2.59. The van der Waals surface area contributed by atoms with E-state index in [1.165, 1.54) is 14.2 Å². The molecule has 0 aliphatic carbocycles. The van der Waals surface area contributed by atoms with E-state index in [1.54, 1.807) is 69.3 Å². The lowest BCUT2D eigenvalue weighted by molar-refractivity contribution is -0.147. The summed E-state index contributed by atoms with van der Waals surface area (Å²) in [4.78, 5) is 71.2. The van der Waals surface area contributed by atoms with Crippen LogP contribution in [0.5, 0.6) is 5.75 Å². The van der Waals surface area contributed by atoms with Gasteiger partial charge in [0.2, 0.25) is 23.6 Å². The van der Waals surface area contributed by atoms with Gasteiger partial charge in [-0.15, -0.1) is 0 Å². The predicted octanol–water partition coefficient (Wildman–Crippen LogP) is 2.92. The molecule has 14 nitrogen and oxygen atoms in total. The van der Waals surface area contributed by atoms with E-state index in [0.29, 0.717) is 24.2 Å². The number of ether oxygens (including phenoxy) is 4. The van der Waals surface area contributed by atoms with Gasteiger partial charge in [0.05, 0.1) is 62.4 Å². The minimum absolute atomic E-state index is 0.0175. The molecule has 1 aromatic carbocycles. The molecule has 306 valence electrons. The number of rotatable bonds is 22. The summed E-state index contributed by atoms with van der Waals surface area (Å²) in [5, 5.41) is 8.75. The molecular formula is C40H67N5O9. The molecule has 0 bridgehead atoms. The normalized spacial score (nSPS) is 19.7. The first-order valence-electron chi connectivity index (χ1n) is 19.1. The van der Waals surface area contributed by atoms with Crippen LogP contribution in [0.1, 0.15) is 78.1 Å². The van der Waals surface area contributed by atoms with Gasteiger partial charge in [0.15, 0.2) is 5.78 Å². The van der Waals surface area contributed by atoms with Gasteiger partial charge in [-0.2, -0.15) is 0 Å². The molecule has 1 aliphatic heterocycles. The fourth-order valence-corrected chi connectivity index (χ4v) is 7.41. The van der Waals surface area contributed by atoms with Crippen molar-refractivity contribution in [2.75, 3.05) is 55.6 Å². The van der Waals surface area contributed by atoms with Crippen LogP contribution < -0.4 is 20.7 Å². The highest BCUT2D eigenvalue weighted by atomic mass is 16.5. The summed E-state index contributed by atoms with van der Waals surface area (Å²) in [5.41, 5.74) is 0.441. The molecule has 0 radical (unpaired) electrons. The van der Waals surface area contributed by atoms with Crippen molar-refractivity contribution in [3.8, 4) is 5.75 Å². The number of benzene rings is 1. The number of Topliss-reactive ketones (excluding diaryl/α,β-unsaturated/α-hetero) is 1. The topological polar surface area (TPSA) is 165 Å². The van der Waals surface area contributed by atoms with Crippen LogP contribution in [0.25, 0.3) is 0 Å². The number of nitrogens with one attached hydrogen (secondary N) is 3. The van der Waals surface area contributed by atoms with Crippen molar-refractivity contribution in [3.63, 3.8) is 0 Å². The van der Waals surface area contributed by atoms with Gasteiger partial charge in [0, 0.05) is 40.5 Å². The third-order valence-corrected chi connectivity index (χ3v) is 10.9. The van der Waals surface area contributed by atoms with E-state index in [0.717, 1.165) is 0 Å². The Morgan fingerprint density at radius 3 is 1.98 bits per heavy atom. The van der Waals surface area contributed by atoms with Crippen molar-refractivity contribution in [1.82, 2.24) is 25.8 Å². The van der Waals surface area contributed by atoms with E-state index in [-0.39, 0.29) is 72.8 Å². The van der Waals surface area contributed by atoms with Gasteiger partial charge in [-0.05, 0) is 55.5 Å². The number of carbonyl (C=O) groups excluding carboxylic acids is 5. The number of carbonyl (C=O) groups is 5. The van der Waals surface area contributed by atoms with Gasteiger partial charge in [0.25, 0.3) is 0 Å². The summed E-state index contributed by atoms with van der Waals surface area (Å²) in [6.07, 6.45) is -0.573. The predicted molar refractivity (Wildman–Crippen MR) is 207 cm³/mol. The van der Waals surface area contributed by atoms with Crippen molar-refractivity contribution >= 4 is 29.4 Å². The molecule has 1 saturated heterocycles. The van der Waals surface area contributed by atoms with Crippen LogP contribution in [-0.4, -0.2) is 137 Å². The summed E-state index contributed by atoms with van der Waals surface area (Å²) in [7, 11) is 9.58. The first-order valence-corrected chi connectivity index (χ1v) is 19.1. The maximum absolute atomic E-state index is 14.3. The smallest absolute Gasteiger partial charge is 0.245 e. The SMILES string of the molecule is CC[C@H](C)[C@@H]([C@@H](CC(=O)N1C[C@H](OC)C[C@H]1[C@H](OC)[C@@H](C)C(=O)NCC(=O)c1ccc(OC)cc1)OC)N(C)C(=O)[C@@H](NC(=O)[C@@H](NC)C(C)C)C(C)C. The molecule has 0 aromatic heterocycles. The minimum Gasteiger partial charge on any atom is -0.497 e. The lowest BCUT2D eigenvalue weighted by atomic mass is 9.89. The highest BCUT2D eigenvalue weighted by molar-refractivity contribution is 5.99. The highest BCUT2D eigenvalue weighted by Gasteiger charge is 2.45. The molecule has 3 N–H and O–H groups in total. The molecule has 1 aromatic rings.